The van der Waals surface area contributed by atoms with Crippen LogP contribution >= 0.6 is 0 Å². The van der Waals surface area contributed by atoms with Gasteiger partial charge in [-0.25, -0.2) is 4.79 Å². The van der Waals surface area contributed by atoms with E-state index in [0.717, 1.165) is 11.1 Å². The minimum atomic E-state index is -1.87. The van der Waals surface area contributed by atoms with Crippen LogP contribution in [0.4, 0.5) is 0 Å². The summed E-state index contributed by atoms with van der Waals surface area (Å²) in [6, 6.07) is 11.4. The molecule has 44 heavy (non-hydrogen) atoms. The summed E-state index contributed by atoms with van der Waals surface area (Å²) in [6.45, 7) is 0.0750. The largest absolute Gasteiger partial charge is 0.508 e. The van der Waals surface area contributed by atoms with E-state index in [-0.39, 0.29) is 30.6 Å². The Morgan fingerprint density at radius 1 is 1.00 bits per heavy atom. The molecule has 3 aromatic rings. The van der Waals surface area contributed by atoms with E-state index < -0.39 is 42.8 Å². The number of methoxy groups -OCH3 is 2. The number of aromatic hydroxyl groups is 1. The van der Waals surface area contributed by atoms with E-state index in [0.29, 0.717) is 46.1 Å². The zero-order valence-corrected chi connectivity index (χ0v) is 23.7. The summed E-state index contributed by atoms with van der Waals surface area (Å²) in [6.07, 6.45) is -9.23. The first kappa shape index (κ1) is 29.8. The second kappa shape index (κ2) is 11.7. The number of phenols is 1. The SMILES string of the molecule is COc1cc(CCO)c2c(c1OC)OC1c3c(cc(OC4OC(C(=O)O)C(O)C(O)C4O)cc3-c3cccc(O)c3)OCC21. The highest BCUT2D eigenvalue weighted by molar-refractivity contribution is 5.76. The van der Waals surface area contributed by atoms with E-state index >= 15 is 0 Å². The lowest BCUT2D eigenvalue weighted by molar-refractivity contribution is -0.271. The summed E-state index contributed by atoms with van der Waals surface area (Å²) in [5, 5.41) is 60.4. The van der Waals surface area contributed by atoms with Crippen molar-refractivity contribution >= 4 is 5.97 Å². The van der Waals surface area contributed by atoms with Gasteiger partial charge >= 0.3 is 5.97 Å². The Kier molecular flexibility index (Phi) is 7.90. The monoisotopic (exact) mass is 612 g/mol. The Hall–Kier alpha value is -4.27. The topological polar surface area (TPSA) is 194 Å². The van der Waals surface area contributed by atoms with Gasteiger partial charge in [0.25, 0.3) is 0 Å². The summed E-state index contributed by atoms with van der Waals surface area (Å²) in [5.74, 6) is -0.0922. The molecule has 7 unspecified atom stereocenters. The molecule has 13 heteroatoms. The first-order valence-electron chi connectivity index (χ1n) is 13.9. The second-order valence-electron chi connectivity index (χ2n) is 10.7. The van der Waals surface area contributed by atoms with E-state index in [9.17, 15) is 35.4 Å². The Morgan fingerprint density at radius 2 is 1.80 bits per heavy atom. The zero-order valence-electron chi connectivity index (χ0n) is 23.7. The Balaban J connectivity index is 1.45. The highest BCUT2D eigenvalue weighted by Gasteiger charge is 2.49. The standard InChI is InChI=1S/C31H32O13/c1-39-20-9-14(6-7-32)21-18-12-41-19-11-16(42-31-25(36)23(34)24(35)29(44-31)30(37)38)10-17(13-4-3-5-15(33)8-13)22(19)26(18)43-28(21)27(20)40-2/h3-5,8-11,18,23-26,29,31-36H,6-7,12H2,1-2H3,(H,37,38). The van der Waals surface area contributed by atoms with Crippen LogP contribution in [0.15, 0.2) is 42.5 Å². The van der Waals surface area contributed by atoms with E-state index in [4.69, 9.17) is 28.4 Å². The van der Waals surface area contributed by atoms with Crippen molar-refractivity contribution in [2.24, 2.45) is 0 Å². The van der Waals surface area contributed by atoms with Gasteiger partial charge < -0.3 is 59.1 Å². The van der Waals surface area contributed by atoms with Gasteiger partial charge in [0.15, 0.2) is 17.6 Å². The van der Waals surface area contributed by atoms with Crippen LogP contribution in [0.3, 0.4) is 0 Å². The average molecular weight is 613 g/mol. The number of carbonyl (C=O) groups is 1. The highest BCUT2D eigenvalue weighted by Crippen LogP contribution is 2.59. The molecule has 0 radical (unpaired) electrons. The molecular weight excluding hydrogens is 580 g/mol. The molecule has 0 saturated carbocycles. The minimum absolute atomic E-state index is 0.00411. The molecule has 6 rings (SSSR count). The zero-order chi connectivity index (χ0) is 31.3. The number of benzene rings is 3. The van der Waals surface area contributed by atoms with Crippen molar-refractivity contribution in [3.8, 4) is 45.6 Å². The fraction of sp³-hybridized carbons (Fsp3) is 0.387. The molecule has 3 aliphatic rings. The van der Waals surface area contributed by atoms with Crippen molar-refractivity contribution < 1.29 is 63.9 Å². The Labute approximate surface area is 251 Å². The fourth-order valence-corrected chi connectivity index (χ4v) is 6.13. The van der Waals surface area contributed by atoms with E-state index in [2.05, 4.69) is 0 Å². The van der Waals surface area contributed by atoms with Gasteiger partial charge in [-0.2, -0.15) is 0 Å². The van der Waals surface area contributed by atoms with Crippen LogP contribution in [0.25, 0.3) is 11.1 Å². The molecule has 234 valence electrons. The van der Waals surface area contributed by atoms with Gasteiger partial charge in [0.2, 0.25) is 12.0 Å². The summed E-state index contributed by atoms with van der Waals surface area (Å²) in [4.78, 5) is 11.6. The Bertz CT molecular complexity index is 1570. The average Bonchev–Trinajstić information content (AvgIpc) is 3.40. The predicted octanol–water partition coefficient (Wildman–Crippen LogP) is 1.49. The van der Waals surface area contributed by atoms with Crippen molar-refractivity contribution in [2.45, 2.75) is 49.1 Å². The first-order chi connectivity index (χ1) is 21.2. The highest BCUT2D eigenvalue weighted by atomic mass is 16.7. The number of fused-ring (bicyclic) bond motifs is 5. The van der Waals surface area contributed by atoms with Crippen LogP contribution in [-0.4, -0.2) is 94.7 Å². The van der Waals surface area contributed by atoms with Crippen LogP contribution < -0.4 is 23.7 Å². The quantitative estimate of drug-likeness (QED) is 0.214. The third kappa shape index (κ3) is 4.92. The summed E-state index contributed by atoms with van der Waals surface area (Å²) < 4.78 is 35.2. The van der Waals surface area contributed by atoms with Crippen LogP contribution in [0.2, 0.25) is 0 Å². The van der Waals surface area contributed by atoms with E-state index in [1.807, 2.05) is 6.07 Å². The van der Waals surface area contributed by atoms with Gasteiger partial charge in [-0.15, -0.1) is 0 Å². The number of carboxylic acid groups (broad SMARTS) is 1. The maximum Gasteiger partial charge on any atom is 0.335 e. The van der Waals surface area contributed by atoms with E-state index in [1.165, 1.54) is 26.4 Å². The molecule has 3 heterocycles. The van der Waals surface area contributed by atoms with Crippen molar-refractivity contribution in [2.75, 3.05) is 27.4 Å². The first-order valence-corrected chi connectivity index (χ1v) is 13.9. The molecule has 1 saturated heterocycles. The molecule has 7 atom stereocenters. The number of ether oxygens (including phenoxy) is 6. The number of rotatable bonds is 8. The predicted molar refractivity (Wildman–Crippen MR) is 150 cm³/mol. The number of hydrogen-bond acceptors (Lipinski definition) is 12. The van der Waals surface area contributed by atoms with Gasteiger partial charge in [-0.1, -0.05) is 12.1 Å². The molecule has 0 aromatic heterocycles. The summed E-state index contributed by atoms with van der Waals surface area (Å²) >= 11 is 0. The second-order valence-corrected chi connectivity index (χ2v) is 10.7. The van der Waals surface area contributed by atoms with Gasteiger partial charge in [0, 0.05) is 23.8 Å². The van der Waals surface area contributed by atoms with Gasteiger partial charge in [0.05, 0.1) is 26.7 Å². The van der Waals surface area contributed by atoms with Crippen molar-refractivity contribution in [1.29, 1.82) is 0 Å². The number of aliphatic carboxylic acids is 1. The molecule has 13 nitrogen and oxygen atoms in total. The van der Waals surface area contributed by atoms with Gasteiger partial charge in [-0.05, 0) is 47.4 Å². The smallest absolute Gasteiger partial charge is 0.335 e. The molecule has 3 aliphatic heterocycles. The molecular formula is C31H32O13. The van der Waals surface area contributed by atoms with Crippen LogP contribution in [0.1, 0.15) is 28.7 Å². The van der Waals surface area contributed by atoms with Crippen molar-refractivity contribution in [1.82, 2.24) is 0 Å². The molecule has 0 amide bonds. The summed E-state index contributed by atoms with van der Waals surface area (Å²) in [5.41, 5.74) is 3.36. The van der Waals surface area contributed by atoms with Crippen molar-refractivity contribution in [3.63, 3.8) is 0 Å². The van der Waals surface area contributed by atoms with Gasteiger partial charge in [0.1, 0.15) is 41.7 Å². The molecule has 0 aliphatic carbocycles. The minimum Gasteiger partial charge on any atom is -0.508 e. The number of phenolic OH excluding ortho intramolecular Hbond substituents is 1. The van der Waals surface area contributed by atoms with E-state index in [1.54, 1.807) is 24.3 Å². The third-order valence-electron chi connectivity index (χ3n) is 8.15. The lowest BCUT2D eigenvalue weighted by atomic mass is 9.83. The van der Waals surface area contributed by atoms with Crippen LogP contribution in [-0.2, 0) is 16.0 Å². The summed E-state index contributed by atoms with van der Waals surface area (Å²) in [7, 11) is 3.02. The molecule has 1 fully saturated rings. The maximum atomic E-state index is 11.6. The van der Waals surface area contributed by atoms with Crippen LogP contribution in [0.5, 0.6) is 34.5 Å². The molecule has 0 bridgehead atoms. The van der Waals surface area contributed by atoms with Gasteiger partial charge in [-0.3, -0.25) is 0 Å². The molecule has 3 aromatic carbocycles. The lowest BCUT2D eigenvalue weighted by Crippen LogP contribution is -2.61. The normalized spacial score (nSPS) is 26.8. The molecule has 0 spiro atoms. The maximum absolute atomic E-state index is 11.6. The van der Waals surface area contributed by atoms with Crippen LogP contribution in [0, 0.1) is 0 Å². The number of aliphatic hydroxyl groups excluding tert-OH is 4. The number of aliphatic hydroxyl groups is 4. The third-order valence-corrected chi connectivity index (χ3v) is 8.15. The Morgan fingerprint density at radius 3 is 2.48 bits per heavy atom. The number of hydrogen-bond donors (Lipinski definition) is 6. The number of carboxylic acids is 1. The lowest BCUT2D eigenvalue weighted by Gasteiger charge is -2.38. The fourth-order valence-electron chi connectivity index (χ4n) is 6.13. The molecule has 6 N–H and O–H groups in total. The van der Waals surface area contributed by atoms with Crippen molar-refractivity contribution in [3.05, 3.63) is 59.2 Å².